The van der Waals surface area contributed by atoms with E-state index in [-0.39, 0.29) is 11.5 Å². The molecule has 0 saturated carbocycles. The Hall–Kier alpha value is -3.62. The van der Waals surface area contributed by atoms with Crippen molar-refractivity contribution in [1.29, 1.82) is 0 Å². The molecule has 0 saturated heterocycles. The average Bonchev–Trinajstić information content (AvgIpc) is 3.22. The van der Waals surface area contributed by atoms with E-state index in [0.29, 0.717) is 34.8 Å². The number of rotatable bonds is 4. The summed E-state index contributed by atoms with van der Waals surface area (Å²) in [6.07, 6.45) is 3.56. The topological polar surface area (TPSA) is 96.4 Å². The number of aryl methyl sites for hydroxylation is 1. The Bertz CT molecular complexity index is 1170. The average molecular weight is 396 g/mol. The molecule has 2 aromatic heterocycles. The lowest BCUT2D eigenvalue weighted by Crippen LogP contribution is -2.29. The molecular formula is C20H20N4O5. The number of methoxy groups -OCH3 is 3. The van der Waals surface area contributed by atoms with Crippen molar-refractivity contribution in [3.8, 4) is 17.2 Å². The van der Waals surface area contributed by atoms with E-state index in [9.17, 15) is 9.59 Å². The maximum absolute atomic E-state index is 12.9. The second-order valence-corrected chi connectivity index (χ2v) is 6.51. The number of hydrogen-bond acceptors (Lipinski definition) is 6. The number of fused-ring (bicyclic) bond motifs is 3. The van der Waals surface area contributed by atoms with Crippen molar-refractivity contribution in [2.75, 3.05) is 21.3 Å². The minimum absolute atomic E-state index is 0.0132. The first-order valence-electron chi connectivity index (χ1n) is 9.08. The van der Waals surface area contributed by atoms with Crippen molar-refractivity contribution in [1.82, 2.24) is 14.2 Å². The van der Waals surface area contributed by atoms with Gasteiger partial charge in [0.05, 0.1) is 27.5 Å². The molecule has 1 aliphatic heterocycles. The number of carbonyl (C=O) groups excluding carboxylic acids is 2. The lowest BCUT2D eigenvalue weighted by Gasteiger charge is -2.18. The summed E-state index contributed by atoms with van der Waals surface area (Å²) in [7, 11) is 4.45. The van der Waals surface area contributed by atoms with Crippen LogP contribution in [0.2, 0.25) is 0 Å². The molecule has 150 valence electrons. The highest BCUT2D eigenvalue weighted by Crippen LogP contribution is 2.38. The molecule has 9 nitrogen and oxygen atoms in total. The van der Waals surface area contributed by atoms with Crippen molar-refractivity contribution in [3.63, 3.8) is 0 Å². The number of amides is 1. The third-order valence-electron chi connectivity index (χ3n) is 4.85. The van der Waals surface area contributed by atoms with Crippen molar-refractivity contribution in [3.05, 3.63) is 47.2 Å². The van der Waals surface area contributed by atoms with Gasteiger partial charge in [0, 0.05) is 29.8 Å². The zero-order valence-electron chi connectivity index (χ0n) is 16.3. The third-order valence-corrected chi connectivity index (χ3v) is 4.85. The summed E-state index contributed by atoms with van der Waals surface area (Å²) in [5.74, 6) is 0.638. The van der Waals surface area contributed by atoms with Gasteiger partial charge in [0.25, 0.3) is 5.91 Å². The maximum Gasteiger partial charge on any atom is 0.279 e. The predicted octanol–water partition coefficient (Wildman–Crippen LogP) is 1.88. The molecule has 1 amide bonds. The fraction of sp³-hybridized carbons (Fsp3) is 0.300. The molecule has 4 rings (SSSR count). The van der Waals surface area contributed by atoms with Crippen LogP contribution < -0.4 is 19.7 Å². The Morgan fingerprint density at radius 1 is 1.07 bits per heavy atom. The largest absolute Gasteiger partial charge is 0.493 e. The Balaban J connectivity index is 1.86. The van der Waals surface area contributed by atoms with E-state index in [0.717, 1.165) is 18.5 Å². The van der Waals surface area contributed by atoms with Gasteiger partial charge in [-0.2, -0.15) is 14.6 Å². The van der Waals surface area contributed by atoms with E-state index < -0.39 is 5.91 Å². The van der Waals surface area contributed by atoms with Crippen LogP contribution in [0.4, 0.5) is 0 Å². The molecule has 0 N–H and O–H groups in total. The van der Waals surface area contributed by atoms with Crippen LogP contribution in [-0.4, -0.2) is 47.3 Å². The van der Waals surface area contributed by atoms with Gasteiger partial charge in [0.2, 0.25) is 11.7 Å². The first kappa shape index (κ1) is 18.7. The van der Waals surface area contributed by atoms with Crippen molar-refractivity contribution >= 4 is 17.5 Å². The van der Waals surface area contributed by atoms with E-state index in [4.69, 9.17) is 14.2 Å². The first-order chi connectivity index (χ1) is 14.1. The smallest absolute Gasteiger partial charge is 0.279 e. The summed E-state index contributed by atoms with van der Waals surface area (Å²) < 4.78 is 19.0. The highest BCUT2D eigenvalue weighted by Gasteiger charge is 2.20. The Labute approximate surface area is 166 Å². The molecule has 0 unspecified atom stereocenters. The van der Waals surface area contributed by atoms with Gasteiger partial charge in [-0.15, -0.1) is 0 Å². The molecule has 0 spiro atoms. The number of hydrogen-bond donors (Lipinski definition) is 0. The number of carbonyl (C=O) groups is 2. The van der Waals surface area contributed by atoms with Crippen LogP contribution in [-0.2, 0) is 6.42 Å². The molecule has 3 aromatic rings. The molecule has 0 fully saturated rings. The summed E-state index contributed by atoms with van der Waals surface area (Å²) in [6.45, 7) is 0. The molecule has 9 heteroatoms. The van der Waals surface area contributed by atoms with Crippen LogP contribution in [0.15, 0.2) is 35.5 Å². The second-order valence-electron chi connectivity index (χ2n) is 6.51. The normalized spacial score (nSPS) is 14.0. The van der Waals surface area contributed by atoms with Crippen LogP contribution in [0.5, 0.6) is 17.2 Å². The van der Waals surface area contributed by atoms with Gasteiger partial charge in [0.15, 0.2) is 17.0 Å². The number of nitrogens with zero attached hydrogens (tertiary/aromatic N) is 4. The summed E-state index contributed by atoms with van der Waals surface area (Å²) in [4.78, 5) is 29.5. The van der Waals surface area contributed by atoms with Crippen molar-refractivity contribution in [2.24, 2.45) is 4.99 Å². The molecule has 3 heterocycles. The lowest BCUT2D eigenvalue weighted by atomic mass is 10.1. The maximum atomic E-state index is 12.9. The van der Waals surface area contributed by atoms with Gasteiger partial charge >= 0.3 is 0 Å². The summed E-state index contributed by atoms with van der Waals surface area (Å²) in [6, 6.07) is 6.55. The number of benzene rings is 1. The monoisotopic (exact) mass is 396 g/mol. The summed E-state index contributed by atoms with van der Waals surface area (Å²) in [5, 5.41) is 4.23. The molecule has 29 heavy (non-hydrogen) atoms. The summed E-state index contributed by atoms with van der Waals surface area (Å²) in [5.41, 5.74) is 2.03. The third kappa shape index (κ3) is 3.14. The van der Waals surface area contributed by atoms with Gasteiger partial charge < -0.3 is 14.2 Å². The van der Waals surface area contributed by atoms with E-state index in [1.54, 1.807) is 35.0 Å². The van der Waals surface area contributed by atoms with E-state index >= 15 is 0 Å². The highest BCUT2D eigenvalue weighted by atomic mass is 16.5. The predicted molar refractivity (Wildman–Crippen MR) is 103 cm³/mol. The quantitative estimate of drug-likeness (QED) is 0.668. The minimum atomic E-state index is -0.492. The van der Waals surface area contributed by atoms with Crippen molar-refractivity contribution in [2.45, 2.75) is 19.3 Å². The molecule has 0 atom stereocenters. The van der Waals surface area contributed by atoms with E-state index in [2.05, 4.69) is 10.1 Å². The molecule has 1 aliphatic rings. The lowest BCUT2D eigenvalue weighted by molar-refractivity contribution is 0.0886. The van der Waals surface area contributed by atoms with Gasteiger partial charge in [-0.1, -0.05) is 0 Å². The standard InChI is InChI=1S/C20H20N4O5/c1-27-14-9-12(10-15(28-2)19(14)29-3)20(26)22-16-11-13-5-4-6-18(25)23(13)17-7-8-21-24(16)17/h7-11H,4-6H2,1-3H3/b22-16-. The zero-order chi connectivity index (χ0) is 20.5. The Morgan fingerprint density at radius 3 is 2.45 bits per heavy atom. The minimum Gasteiger partial charge on any atom is -0.493 e. The number of aromatic nitrogens is 3. The SMILES string of the molecule is COc1cc(C(=O)/N=c2/cc3n(c4ccnn24)C(=O)CCC3)cc(OC)c1OC. The molecule has 0 radical (unpaired) electrons. The first-order valence-corrected chi connectivity index (χ1v) is 9.08. The highest BCUT2D eigenvalue weighted by molar-refractivity contribution is 5.96. The van der Waals surface area contributed by atoms with Gasteiger partial charge in [-0.05, 0) is 25.0 Å². The summed E-state index contributed by atoms with van der Waals surface area (Å²) >= 11 is 0. The molecular weight excluding hydrogens is 376 g/mol. The van der Waals surface area contributed by atoms with E-state index in [1.807, 2.05) is 0 Å². The zero-order valence-corrected chi connectivity index (χ0v) is 16.3. The fourth-order valence-corrected chi connectivity index (χ4v) is 3.52. The number of ether oxygens (including phenoxy) is 3. The fourth-order valence-electron chi connectivity index (χ4n) is 3.52. The van der Waals surface area contributed by atoms with Gasteiger partial charge in [0.1, 0.15) is 5.65 Å². The molecule has 0 aliphatic carbocycles. The Kier molecular flexibility index (Phi) is 4.79. The van der Waals surface area contributed by atoms with Crippen LogP contribution >= 0.6 is 0 Å². The van der Waals surface area contributed by atoms with Crippen molar-refractivity contribution < 1.29 is 23.8 Å². The van der Waals surface area contributed by atoms with Crippen LogP contribution in [0.1, 0.15) is 33.7 Å². The van der Waals surface area contributed by atoms with Crippen LogP contribution in [0.3, 0.4) is 0 Å². The Morgan fingerprint density at radius 2 is 1.79 bits per heavy atom. The molecule has 0 bridgehead atoms. The van der Waals surface area contributed by atoms with Gasteiger partial charge in [-0.3, -0.25) is 14.2 Å². The van der Waals surface area contributed by atoms with Crippen LogP contribution in [0, 0.1) is 0 Å². The van der Waals surface area contributed by atoms with Crippen LogP contribution in [0.25, 0.3) is 5.65 Å². The second kappa shape index (κ2) is 7.42. The van der Waals surface area contributed by atoms with Gasteiger partial charge in [-0.25, -0.2) is 0 Å². The molecule has 1 aromatic carbocycles. The van der Waals surface area contributed by atoms with E-state index in [1.165, 1.54) is 25.8 Å².